The maximum absolute atomic E-state index is 10.9. The third-order valence-electron chi connectivity index (χ3n) is 2.94. The van der Waals surface area contributed by atoms with E-state index < -0.39 is 0 Å². The number of aldehydes is 1. The van der Waals surface area contributed by atoms with E-state index in [1.165, 1.54) is 0 Å². The van der Waals surface area contributed by atoms with E-state index in [0.717, 1.165) is 17.7 Å². The second-order valence-corrected chi connectivity index (χ2v) is 5.06. The molecule has 23 heavy (non-hydrogen) atoms. The zero-order chi connectivity index (χ0) is 17.2. The van der Waals surface area contributed by atoms with Gasteiger partial charge in [0.25, 0.3) is 0 Å². The molecule has 0 spiro atoms. The number of aliphatic imine (C=N–C) groups is 1. The molecule has 0 atom stereocenters. The molecule has 0 amide bonds. The van der Waals surface area contributed by atoms with Crippen LogP contribution in [0.1, 0.15) is 24.2 Å². The van der Waals surface area contributed by atoms with Gasteiger partial charge in [-0.3, -0.25) is 4.79 Å². The average Bonchev–Trinajstić information content (AvgIpc) is 2.56. The number of fused-ring (bicyclic) bond motifs is 1. The number of nitrogens with one attached hydrogen (secondary N) is 1. The monoisotopic (exact) mass is 376 g/mol. The molecule has 0 radical (unpaired) electrons. The molecule has 3 N–H and O–H groups in total. The number of nitrogens with zero attached hydrogens (tertiary/aromatic N) is 2. The summed E-state index contributed by atoms with van der Waals surface area (Å²) in [5, 5.41) is 7.98. The van der Waals surface area contributed by atoms with Crippen molar-refractivity contribution in [2.24, 2.45) is 10.7 Å². The van der Waals surface area contributed by atoms with Crippen LogP contribution in [0.4, 0.5) is 11.4 Å². The van der Waals surface area contributed by atoms with Gasteiger partial charge in [-0.25, -0.2) is 4.99 Å². The van der Waals surface area contributed by atoms with E-state index in [1.807, 2.05) is 18.7 Å². The Morgan fingerprint density at radius 2 is 2.17 bits per heavy atom. The summed E-state index contributed by atoms with van der Waals surface area (Å²) in [6.07, 6.45) is 6.08. The Hall–Kier alpha value is -2.21. The summed E-state index contributed by atoms with van der Waals surface area (Å²) in [5.74, 6) is 0.499. The lowest BCUT2D eigenvalue weighted by Gasteiger charge is -2.29. The molecule has 0 saturated heterocycles. The number of nitrogens with two attached hydrogens (primary N) is 1. The number of anilines is 1. The van der Waals surface area contributed by atoms with Crippen molar-refractivity contribution in [1.82, 2.24) is 0 Å². The molecule has 0 saturated carbocycles. The van der Waals surface area contributed by atoms with Gasteiger partial charge in [-0.2, -0.15) is 0 Å². The van der Waals surface area contributed by atoms with Crippen LogP contribution in [0.2, 0.25) is 0 Å². The fourth-order valence-corrected chi connectivity index (χ4v) is 2.22. The van der Waals surface area contributed by atoms with Gasteiger partial charge in [0.15, 0.2) is 0 Å². The van der Waals surface area contributed by atoms with Crippen molar-refractivity contribution in [3.05, 3.63) is 47.0 Å². The molecule has 0 aliphatic carbocycles. The van der Waals surface area contributed by atoms with Gasteiger partial charge in [0.2, 0.25) is 0 Å². The van der Waals surface area contributed by atoms with E-state index in [9.17, 15) is 4.79 Å². The van der Waals surface area contributed by atoms with Crippen LogP contribution in [0.5, 0.6) is 0 Å². The lowest BCUT2D eigenvalue weighted by atomic mass is 10.1. The summed E-state index contributed by atoms with van der Waals surface area (Å²) in [6.45, 7) is 4.85. The van der Waals surface area contributed by atoms with Gasteiger partial charge in [-0.05, 0) is 29.3 Å². The van der Waals surface area contributed by atoms with E-state index in [2.05, 4.69) is 20.9 Å². The Balaban J connectivity index is 0.00000127. The Bertz CT molecular complexity index is 650. The average molecular weight is 377 g/mol. The van der Waals surface area contributed by atoms with Crippen LogP contribution in [-0.2, 0) is 0 Å². The fraction of sp³-hybridized carbons (Fsp3) is 0.235. The minimum absolute atomic E-state index is 0.401. The van der Waals surface area contributed by atoms with E-state index in [4.69, 9.17) is 11.1 Å². The van der Waals surface area contributed by atoms with Crippen molar-refractivity contribution in [3.63, 3.8) is 0 Å². The number of benzene rings is 1. The van der Waals surface area contributed by atoms with Gasteiger partial charge in [0.05, 0.1) is 30.2 Å². The highest BCUT2D eigenvalue weighted by Crippen LogP contribution is 2.32. The fourth-order valence-electron chi connectivity index (χ4n) is 2.05. The van der Waals surface area contributed by atoms with E-state index in [-0.39, 0.29) is 0 Å². The van der Waals surface area contributed by atoms with Gasteiger partial charge < -0.3 is 16.0 Å². The summed E-state index contributed by atoms with van der Waals surface area (Å²) in [5.41, 5.74) is 8.41. The molecule has 0 bridgehead atoms. The highest BCUT2D eigenvalue weighted by atomic mass is 79.9. The molecular weight excluding hydrogens is 356 g/mol. The zero-order valence-corrected chi connectivity index (χ0v) is 14.9. The number of allylic oxidation sites excluding steroid dienone is 2. The molecule has 0 unspecified atom stereocenters. The first-order valence-electron chi connectivity index (χ1n) is 7.32. The van der Waals surface area contributed by atoms with Crippen molar-refractivity contribution in [2.45, 2.75) is 13.8 Å². The third-order valence-corrected chi connectivity index (χ3v) is 3.24. The third kappa shape index (κ3) is 5.49. The van der Waals surface area contributed by atoms with Crippen LogP contribution in [0.25, 0.3) is 0 Å². The number of amidine groups is 1. The molecule has 6 heteroatoms. The molecule has 0 aromatic heterocycles. The number of carbonyl (C=O) groups excluding carboxylic acids is 1. The highest BCUT2D eigenvalue weighted by Gasteiger charge is 2.19. The second kappa shape index (κ2) is 9.74. The van der Waals surface area contributed by atoms with Gasteiger partial charge >= 0.3 is 0 Å². The van der Waals surface area contributed by atoms with Gasteiger partial charge in [0.1, 0.15) is 12.1 Å². The smallest absolute Gasteiger partial charge is 0.150 e. The van der Waals surface area contributed by atoms with Gasteiger partial charge in [-0.15, -0.1) is 0 Å². The maximum Gasteiger partial charge on any atom is 0.150 e. The standard InChI is InChI=1S/C15H15BrN4O.C2H6/c16-6-2-1-3-12(17)8-20-9-15(18)19-13-5-4-11(10-21)7-14(13)20;1-2/h1-7,10,17H,8-9H2,(H2,18,19);1-2H3/b3-1-,6-2+,17-12?;. The first-order valence-corrected chi connectivity index (χ1v) is 8.23. The number of halogens is 1. The summed E-state index contributed by atoms with van der Waals surface area (Å²) in [7, 11) is 0. The summed E-state index contributed by atoms with van der Waals surface area (Å²) in [6, 6.07) is 5.25. The summed E-state index contributed by atoms with van der Waals surface area (Å²) < 4.78 is 0. The lowest BCUT2D eigenvalue weighted by Crippen LogP contribution is -2.39. The highest BCUT2D eigenvalue weighted by molar-refractivity contribution is 9.11. The van der Waals surface area contributed by atoms with Crippen LogP contribution in [0.3, 0.4) is 0 Å². The maximum atomic E-state index is 10.9. The second-order valence-electron chi connectivity index (χ2n) is 4.53. The summed E-state index contributed by atoms with van der Waals surface area (Å²) in [4.78, 5) is 18.9. The van der Waals surface area contributed by atoms with Crippen LogP contribution >= 0.6 is 15.9 Å². The van der Waals surface area contributed by atoms with E-state index in [0.29, 0.717) is 30.2 Å². The van der Waals surface area contributed by atoms with E-state index in [1.54, 1.807) is 41.4 Å². The molecule has 2 rings (SSSR count). The Morgan fingerprint density at radius 3 is 2.83 bits per heavy atom. The predicted molar refractivity (Wildman–Crippen MR) is 102 cm³/mol. The van der Waals surface area contributed by atoms with E-state index >= 15 is 0 Å². The molecule has 1 heterocycles. The number of hydrogen-bond donors (Lipinski definition) is 2. The van der Waals surface area contributed by atoms with Crippen LogP contribution in [0, 0.1) is 5.41 Å². The summed E-state index contributed by atoms with van der Waals surface area (Å²) >= 11 is 3.17. The SMILES string of the molecule is CC.N=C(/C=C\C=C\Br)CN1CC(N)=Nc2ccc(C=O)cc21. The Kier molecular flexibility index (Phi) is 7.97. The van der Waals surface area contributed by atoms with Crippen LogP contribution < -0.4 is 10.6 Å². The van der Waals surface area contributed by atoms with Crippen LogP contribution in [-0.4, -0.2) is 30.9 Å². The Labute approximate surface area is 145 Å². The molecular formula is C17H21BrN4O. The van der Waals surface area contributed by atoms with Crippen molar-refractivity contribution < 1.29 is 4.79 Å². The normalized spacial score (nSPS) is 13.3. The topological polar surface area (TPSA) is 82.5 Å². The first kappa shape index (κ1) is 18.8. The van der Waals surface area contributed by atoms with Crippen molar-refractivity contribution in [1.29, 1.82) is 5.41 Å². The van der Waals surface area contributed by atoms with Gasteiger partial charge in [-0.1, -0.05) is 41.9 Å². The van der Waals surface area contributed by atoms with Crippen molar-refractivity contribution >= 4 is 45.1 Å². The molecule has 1 aliphatic heterocycles. The number of rotatable bonds is 5. The van der Waals surface area contributed by atoms with Gasteiger partial charge in [0, 0.05) is 5.56 Å². The molecule has 5 nitrogen and oxygen atoms in total. The molecule has 1 aromatic carbocycles. The lowest BCUT2D eigenvalue weighted by molar-refractivity contribution is 0.112. The van der Waals surface area contributed by atoms with Crippen LogP contribution in [0.15, 0.2) is 46.4 Å². The first-order chi connectivity index (χ1) is 11.1. The minimum Gasteiger partial charge on any atom is -0.386 e. The van der Waals surface area contributed by atoms with Crippen molar-refractivity contribution in [3.8, 4) is 0 Å². The van der Waals surface area contributed by atoms with Crippen molar-refractivity contribution in [2.75, 3.05) is 18.0 Å². The largest absolute Gasteiger partial charge is 0.386 e. The molecule has 122 valence electrons. The minimum atomic E-state index is 0.401. The Morgan fingerprint density at radius 1 is 1.43 bits per heavy atom. The molecule has 1 aromatic rings. The zero-order valence-electron chi connectivity index (χ0n) is 13.3. The number of hydrogen-bond acceptors (Lipinski definition) is 5. The predicted octanol–water partition coefficient (Wildman–Crippen LogP) is 3.82. The quantitative estimate of drug-likeness (QED) is 0.465. The number of carbonyl (C=O) groups is 1. The molecule has 1 aliphatic rings. The molecule has 0 fully saturated rings.